The Balaban J connectivity index is 2.82. The van der Waals surface area contributed by atoms with Crippen LogP contribution < -0.4 is 10.9 Å². The van der Waals surface area contributed by atoms with Gasteiger partial charge >= 0.3 is 0 Å². The van der Waals surface area contributed by atoms with Crippen molar-refractivity contribution in [3.8, 4) is 0 Å². The van der Waals surface area contributed by atoms with E-state index in [4.69, 9.17) is 0 Å². The van der Waals surface area contributed by atoms with Gasteiger partial charge in [-0.2, -0.15) is 0 Å². The molecule has 1 rings (SSSR count). The lowest BCUT2D eigenvalue weighted by atomic mass is 9.94. The van der Waals surface area contributed by atoms with E-state index in [0.29, 0.717) is 0 Å². The number of amidine groups is 1. The minimum atomic E-state index is -0.277. The molecule has 1 unspecified atom stereocenters. The topological polar surface area (TPSA) is 53.5 Å². The lowest BCUT2D eigenvalue weighted by Crippen LogP contribution is -2.54. The van der Waals surface area contributed by atoms with Crippen LogP contribution in [-0.2, 0) is 4.79 Å². The average Bonchev–Trinajstić information content (AvgIpc) is 1.92. The highest BCUT2D eigenvalue weighted by Gasteiger charge is 2.25. The van der Waals surface area contributed by atoms with Crippen LogP contribution in [-0.4, -0.2) is 17.8 Å². The van der Waals surface area contributed by atoms with Gasteiger partial charge in [-0.05, 0) is 6.92 Å². The lowest BCUT2D eigenvalue weighted by molar-refractivity contribution is -0.123. The van der Waals surface area contributed by atoms with Gasteiger partial charge in [0.2, 0.25) is 0 Å². The summed E-state index contributed by atoms with van der Waals surface area (Å²) >= 11 is 0. The van der Waals surface area contributed by atoms with Crippen LogP contribution >= 0.6 is 0 Å². The minimum absolute atomic E-state index is 0.0397. The highest BCUT2D eigenvalue weighted by molar-refractivity contribution is 5.95. The maximum Gasteiger partial charge on any atom is 0.262 e. The molecule has 1 atom stereocenters. The van der Waals surface area contributed by atoms with Gasteiger partial charge in [0.25, 0.3) is 5.91 Å². The second-order valence-electron chi connectivity index (χ2n) is 4.02. The summed E-state index contributed by atoms with van der Waals surface area (Å²) in [5, 5.41) is 0. The molecule has 0 aromatic heterocycles. The highest BCUT2D eigenvalue weighted by Crippen LogP contribution is 2.16. The molecule has 1 amide bonds. The van der Waals surface area contributed by atoms with Crippen molar-refractivity contribution in [2.75, 3.05) is 0 Å². The first-order chi connectivity index (χ1) is 5.41. The molecule has 12 heavy (non-hydrogen) atoms. The molecular formula is C8H15N3O. The van der Waals surface area contributed by atoms with E-state index in [9.17, 15) is 4.79 Å². The van der Waals surface area contributed by atoms with Crippen molar-refractivity contribution in [1.29, 1.82) is 0 Å². The van der Waals surface area contributed by atoms with Gasteiger partial charge in [-0.25, -0.2) is 0 Å². The third kappa shape index (κ3) is 1.75. The Labute approximate surface area is 72.4 Å². The zero-order chi connectivity index (χ0) is 9.35. The van der Waals surface area contributed by atoms with Crippen molar-refractivity contribution in [1.82, 2.24) is 10.9 Å². The molecule has 0 aliphatic carbocycles. The Morgan fingerprint density at radius 2 is 1.92 bits per heavy atom. The molecule has 0 saturated carbocycles. The minimum Gasteiger partial charge on any atom is -0.285 e. The number of hydrazine groups is 1. The lowest BCUT2D eigenvalue weighted by Gasteiger charge is -2.28. The van der Waals surface area contributed by atoms with Crippen LogP contribution in [0, 0.1) is 5.41 Å². The predicted octanol–water partition coefficient (Wildman–Crippen LogP) is 0.454. The smallest absolute Gasteiger partial charge is 0.262 e. The van der Waals surface area contributed by atoms with Crippen LogP contribution in [0.3, 0.4) is 0 Å². The number of hydrogen-bond donors (Lipinski definition) is 2. The first-order valence-corrected chi connectivity index (χ1v) is 4.05. The normalized spacial score (nSPS) is 24.2. The Hall–Kier alpha value is -1.06. The molecule has 0 fully saturated rings. The molecule has 0 spiro atoms. The summed E-state index contributed by atoms with van der Waals surface area (Å²) in [5.41, 5.74) is 5.32. The molecule has 68 valence electrons. The van der Waals surface area contributed by atoms with Gasteiger partial charge in [-0.15, -0.1) is 0 Å². The summed E-state index contributed by atoms with van der Waals surface area (Å²) in [7, 11) is 0. The van der Waals surface area contributed by atoms with E-state index in [0.717, 1.165) is 5.84 Å². The van der Waals surface area contributed by atoms with Gasteiger partial charge in [0.1, 0.15) is 11.9 Å². The molecule has 0 radical (unpaired) electrons. The molecule has 2 N–H and O–H groups in total. The fraction of sp³-hybridized carbons (Fsp3) is 0.750. The highest BCUT2D eigenvalue weighted by atomic mass is 16.2. The number of nitrogens with zero attached hydrogens (tertiary/aromatic N) is 1. The predicted molar refractivity (Wildman–Crippen MR) is 47.6 cm³/mol. The van der Waals surface area contributed by atoms with E-state index in [-0.39, 0.29) is 17.4 Å². The van der Waals surface area contributed by atoms with Gasteiger partial charge in [-0.1, -0.05) is 20.8 Å². The third-order valence-corrected chi connectivity index (χ3v) is 1.72. The van der Waals surface area contributed by atoms with Crippen LogP contribution in [0.15, 0.2) is 4.99 Å². The quantitative estimate of drug-likeness (QED) is 0.553. The monoisotopic (exact) mass is 169 g/mol. The van der Waals surface area contributed by atoms with E-state index in [1.165, 1.54) is 0 Å². The molecule has 0 bridgehead atoms. The van der Waals surface area contributed by atoms with E-state index in [1.807, 2.05) is 20.8 Å². The molecule has 0 saturated heterocycles. The molecule has 1 aliphatic rings. The van der Waals surface area contributed by atoms with Crippen molar-refractivity contribution in [2.45, 2.75) is 33.7 Å². The number of amides is 1. The Morgan fingerprint density at radius 3 is 2.33 bits per heavy atom. The number of carbonyl (C=O) groups is 1. The van der Waals surface area contributed by atoms with Crippen LogP contribution in [0.4, 0.5) is 0 Å². The molecule has 1 aliphatic heterocycles. The van der Waals surface area contributed by atoms with Crippen LogP contribution in [0.25, 0.3) is 0 Å². The van der Waals surface area contributed by atoms with Crippen molar-refractivity contribution in [3.63, 3.8) is 0 Å². The molecule has 4 heteroatoms. The number of rotatable bonds is 0. The Bertz CT molecular complexity index is 227. The van der Waals surface area contributed by atoms with E-state index in [2.05, 4.69) is 15.8 Å². The zero-order valence-electron chi connectivity index (χ0n) is 7.93. The van der Waals surface area contributed by atoms with Crippen molar-refractivity contribution >= 4 is 11.7 Å². The van der Waals surface area contributed by atoms with E-state index < -0.39 is 0 Å². The summed E-state index contributed by atoms with van der Waals surface area (Å²) < 4.78 is 0. The second-order valence-corrected chi connectivity index (χ2v) is 4.02. The molecular weight excluding hydrogens is 154 g/mol. The van der Waals surface area contributed by atoms with Gasteiger partial charge in [0.05, 0.1) is 0 Å². The van der Waals surface area contributed by atoms with Gasteiger partial charge in [0.15, 0.2) is 0 Å². The SMILES string of the molecule is CC1N=C(C(C)(C)C)NNC1=O. The Kier molecular flexibility index (Phi) is 2.08. The van der Waals surface area contributed by atoms with Crippen molar-refractivity contribution < 1.29 is 4.79 Å². The van der Waals surface area contributed by atoms with Gasteiger partial charge in [0, 0.05) is 5.41 Å². The summed E-state index contributed by atoms with van der Waals surface area (Å²) in [4.78, 5) is 15.2. The summed E-state index contributed by atoms with van der Waals surface area (Å²) in [6.07, 6.45) is 0. The van der Waals surface area contributed by atoms with Crippen molar-refractivity contribution in [3.05, 3.63) is 0 Å². The summed E-state index contributed by atoms with van der Waals surface area (Å²) in [6.45, 7) is 7.91. The molecule has 0 aromatic carbocycles. The third-order valence-electron chi connectivity index (χ3n) is 1.72. The first-order valence-electron chi connectivity index (χ1n) is 4.05. The van der Waals surface area contributed by atoms with Gasteiger partial charge in [-0.3, -0.25) is 20.6 Å². The van der Waals surface area contributed by atoms with Crippen LogP contribution in [0.1, 0.15) is 27.7 Å². The summed E-state index contributed by atoms with van der Waals surface area (Å²) in [5.74, 6) is 0.748. The molecule has 0 aromatic rings. The summed E-state index contributed by atoms with van der Waals surface area (Å²) in [6, 6.07) is -0.277. The van der Waals surface area contributed by atoms with Gasteiger partial charge < -0.3 is 0 Å². The van der Waals surface area contributed by atoms with Crippen molar-refractivity contribution in [2.24, 2.45) is 10.4 Å². The fourth-order valence-electron chi connectivity index (χ4n) is 0.891. The molecule has 4 nitrogen and oxygen atoms in total. The number of aliphatic imine (C=N–C) groups is 1. The maximum atomic E-state index is 11.0. The number of nitrogens with one attached hydrogen (secondary N) is 2. The number of hydrogen-bond acceptors (Lipinski definition) is 3. The maximum absolute atomic E-state index is 11.0. The standard InChI is InChI=1S/C8H15N3O/c1-5-6(12)10-11-7(9-5)8(2,3)4/h5H,1-4H3,(H,9,11)(H,10,12). The average molecular weight is 169 g/mol. The second kappa shape index (κ2) is 2.77. The van der Waals surface area contributed by atoms with E-state index >= 15 is 0 Å². The zero-order valence-corrected chi connectivity index (χ0v) is 7.93. The largest absolute Gasteiger partial charge is 0.285 e. The molecule has 1 heterocycles. The van der Waals surface area contributed by atoms with E-state index in [1.54, 1.807) is 6.92 Å². The first kappa shape index (κ1) is 9.03. The van der Waals surface area contributed by atoms with Crippen LogP contribution in [0.2, 0.25) is 0 Å². The number of carbonyl (C=O) groups excluding carboxylic acids is 1. The Morgan fingerprint density at radius 1 is 1.33 bits per heavy atom. The van der Waals surface area contributed by atoms with Crippen LogP contribution in [0.5, 0.6) is 0 Å². The fourth-order valence-corrected chi connectivity index (χ4v) is 0.891.